The minimum Gasteiger partial charge on any atom is -0.329 e. The molecule has 0 bridgehead atoms. The van der Waals surface area contributed by atoms with Crippen LogP contribution in [0.3, 0.4) is 0 Å². The van der Waals surface area contributed by atoms with Crippen molar-refractivity contribution >= 4 is 11.6 Å². The van der Waals surface area contributed by atoms with Gasteiger partial charge in [0, 0.05) is 36.8 Å². The van der Waals surface area contributed by atoms with Gasteiger partial charge in [-0.2, -0.15) is 0 Å². The summed E-state index contributed by atoms with van der Waals surface area (Å²) in [5, 5.41) is 11.2. The Morgan fingerprint density at radius 3 is 2.56 bits per heavy atom. The van der Waals surface area contributed by atoms with Gasteiger partial charge in [0.1, 0.15) is 0 Å². The average molecular weight is 339 g/mol. The fraction of sp³-hybridized carbons (Fsp3) is 0.316. The first kappa shape index (κ1) is 17.1. The number of carbonyl (C=O) groups excluding carboxylic acids is 1. The Bertz CT molecular complexity index is 792. The number of nitro benzene ring substituents is 1. The number of benzene rings is 2. The zero-order valence-corrected chi connectivity index (χ0v) is 14.4. The van der Waals surface area contributed by atoms with E-state index in [-0.39, 0.29) is 17.6 Å². The molecule has 2 aromatic carbocycles. The van der Waals surface area contributed by atoms with Crippen LogP contribution in [0.25, 0.3) is 0 Å². The number of nitrogens with zero attached hydrogens (tertiary/aromatic N) is 3. The van der Waals surface area contributed by atoms with Crippen molar-refractivity contribution in [3.05, 3.63) is 75.3 Å². The quantitative estimate of drug-likeness (QED) is 0.637. The Balaban J connectivity index is 1.94. The highest BCUT2D eigenvalue weighted by molar-refractivity contribution is 5.95. The third-order valence-corrected chi connectivity index (χ3v) is 4.68. The molecule has 1 aliphatic heterocycles. The first-order valence-corrected chi connectivity index (χ1v) is 8.27. The number of aryl methyl sites for hydroxylation is 1. The molecule has 1 fully saturated rings. The van der Waals surface area contributed by atoms with Crippen LogP contribution >= 0.6 is 0 Å². The Kier molecular flexibility index (Phi) is 4.81. The Morgan fingerprint density at radius 1 is 1.16 bits per heavy atom. The molecule has 0 N–H and O–H groups in total. The van der Waals surface area contributed by atoms with E-state index in [1.54, 1.807) is 19.1 Å². The Labute approximate surface area is 146 Å². The van der Waals surface area contributed by atoms with E-state index in [0.29, 0.717) is 17.7 Å². The van der Waals surface area contributed by atoms with Crippen LogP contribution in [0.5, 0.6) is 0 Å². The second-order valence-electron chi connectivity index (χ2n) is 6.45. The van der Waals surface area contributed by atoms with Crippen molar-refractivity contribution in [2.45, 2.75) is 13.0 Å². The maximum absolute atomic E-state index is 13.1. The number of hydrogen-bond donors (Lipinski definition) is 0. The van der Waals surface area contributed by atoms with Gasteiger partial charge in [0.05, 0.1) is 11.0 Å². The van der Waals surface area contributed by atoms with Crippen LogP contribution in [0, 0.1) is 17.0 Å². The summed E-state index contributed by atoms with van der Waals surface area (Å²) >= 11 is 0. The normalized spacial score (nSPS) is 18.2. The maximum atomic E-state index is 13.1. The zero-order chi connectivity index (χ0) is 18.0. The number of rotatable bonds is 3. The van der Waals surface area contributed by atoms with Gasteiger partial charge in [-0.15, -0.1) is 0 Å². The van der Waals surface area contributed by atoms with E-state index < -0.39 is 4.92 Å². The largest absolute Gasteiger partial charge is 0.329 e. The molecule has 2 aromatic rings. The van der Waals surface area contributed by atoms with E-state index in [1.165, 1.54) is 6.07 Å². The average Bonchev–Trinajstić information content (AvgIpc) is 2.62. The summed E-state index contributed by atoms with van der Waals surface area (Å²) in [5.41, 5.74) is 1.97. The summed E-state index contributed by atoms with van der Waals surface area (Å²) in [4.78, 5) is 27.8. The monoisotopic (exact) mass is 339 g/mol. The molecule has 0 aliphatic carbocycles. The molecular formula is C19H21N3O3. The van der Waals surface area contributed by atoms with E-state index in [4.69, 9.17) is 0 Å². The van der Waals surface area contributed by atoms with Gasteiger partial charge in [-0.1, -0.05) is 36.4 Å². The highest BCUT2D eigenvalue weighted by atomic mass is 16.6. The smallest absolute Gasteiger partial charge is 0.273 e. The molecule has 0 aromatic heterocycles. The van der Waals surface area contributed by atoms with Crippen LogP contribution in [0.15, 0.2) is 48.5 Å². The number of carbonyl (C=O) groups is 1. The van der Waals surface area contributed by atoms with Crippen molar-refractivity contribution in [2.24, 2.45) is 0 Å². The van der Waals surface area contributed by atoms with Gasteiger partial charge >= 0.3 is 0 Å². The molecule has 1 saturated heterocycles. The van der Waals surface area contributed by atoms with Gasteiger partial charge in [0.15, 0.2) is 0 Å². The van der Waals surface area contributed by atoms with Crippen molar-refractivity contribution in [2.75, 3.05) is 26.7 Å². The molecule has 130 valence electrons. The molecule has 1 aliphatic rings. The summed E-state index contributed by atoms with van der Waals surface area (Å²) in [6.45, 7) is 3.79. The van der Waals surface area contributed by atoms with Crippen molar-refractivity contribution in [1.82, 2.24) is 9.80 Å². The fourth-order valence-corrected chi connectivity index (χ4v) is 3.23. The zero-order valence-electron chi connectivity index (χ0n) is 14.4. The minimum absolute atomic E-state index is 0.0174. The molecule has 0 unspecified atom stereocenters. The lowest BCUT2D eigenvalue weighted by Gasteiger charge is -2.40. The summed E-state index contributed by atoms with van der Waals surface area (Å²) < 4.78 is 0. The van der Waals surface area contributed by atoms with Crippen molar-refractivity contribution < 1.29 is 9.72 Å². The number of hydrogen-bond acceptors (Lipinski definition) is 4. The van der Waals surface area contributed by atoms with Gasteiger partial charge in [-0.05, 0) is 25.6 Å². The van der Waals surface area contributed by atoms with Crippen LogP contribution < -0.4 is 0 Å². The van der Waals surface area contributed by atoms with Crippen LogP contribution in [0.2, 0.25) is 0 Å². The molecule has 3 rings (SSSR count). The molecule has 1 amide bonds. The molecule has 0 saturated carbocycles. The molecule has 25 heavy (non-hydrogen) atoms. The first-order chi connectivity index (χ1) is 12.0. The topological polar surface area (TPSA) is 66.7 Å². The second-order valence-corrected chi connectivity index (χ2v) is 6.45. The number of likely N-dealkylation sites (N-methyl/N-ethyl adjacent to an activating group) is 1. The number of piperazine rings is 1. The minimum atomic E-state index is -0.440. The second kappa shape index (κ2) is 7.03. The van der Waals surface area contributed by atoms with Gasteiger partial charge in [-0.25, -0.2) is 0 Å². The Hall–Kier alpha value is -2.73. The summed E-state index contributed by atoms with van der Waals surface area (Å²) in [6, 6.07) is 14.5. The molecule has 6 nitrogen and oxygen atoms in total. The summed E-state index contributed by atoms with van der Waals surface area (Å²) in [5.74, 6) is -0.162. The summed E-state index contributed by atoms with van der Waals surface area (Å²) in [6.07, 6.45) is 0. The maximum Gasteiger partial charge on any atom is 0.273 e. The van der Waals surface area contributed by atoms with E-state index in [9.17, 15) is 14.9 Å². The number of amides is 1. The molecule has 1 heterocycles. The lowest BCUT2D eigenvalue weighted by Crippen LogP contribution is -2.49. The Morgan fingerprint density at radius 2 is 1.88 bits per heavy atom. The lowest BCUT2D eigenvalue weighted by molar-refractivity contribution is -0.385. The molecule has 0 radical (unpaired) electrons. The molecule has 6 heteroatoms. The highest BCUT2D eigenvalue weighted by Gasteiger charge is 2.31. The van der Waals surface area contributed by atoms with Crippen LogP contribution in [0.4, 0.5) is 5.69 Å². The van der Waals surface area contributed by atoms with Crippen molar-refractivity contribution in [1.29, 1.82) is 0 Å². The van der Waals surface area contributed by atoms with Crippen molar-refractivity contribution in [3.63, 3.8) is 0 Å². The SMILES string of the molecule is Cc1ccc(C(=O)N2CCN(C)C[C@H]2c2ccccc2)cc1[N+](=O)[O-]. The van der Waals surface area contributed by atoms with Crippen LogP contribution in [-0.2, 0) is 0 Å². The van der Waals surface area contributed by atoms with Crippen molar-refractivity contribution in [3.8, 4) is 0 Å². The predicted octanol–water partition coefficient (Wildman–Crippen LogP) is 3.03. The first-order valence-electron chi connectivity index (χ1n) is 8.27. The molecule has 1 atom stereocenters. The van der Waals surface area contributed by atoms with Crippen LogP contribution in [0.1, 0.15) is 27.5 Å². The van der Waals surface area contributed by atoms with Gasteiger partial charge in [0.25, 0.3) is 11.6 Å². The van der Waals surface area contributed by atoms with Crippen LogP contribution in [-0.4, -0.2) is 47.3 Å². The third kappa shape index (κ3) is 3.53. The van der Waals surface area contributed by atoms with Gasteiger partial charge < -0.3 is 9.80 Å². The molecule has 0 spiro atoms. The standard InChI is InChI=1S/C19H21N3O3/c1-14-8-9-16(12-17(14)22(24)25)19(23)21-11-10-20(2)13-18(21)15-6-4-3-5-7-15/h3-9,12,18H,10-11,13H2,1-2H3/t18-/m0/s1. The third-order valence-electron chi connectivity index (χ3n) is 4.68. The van der Waals surface area contributed by atoms with Gasteiger partial charge in [-0.3, -0.25) is 14.9 Å². The predicted molar refractivity (Wildman–Crippen MR) is 95.5 cm³/mol. The van der Waals surface area contributed by atoms with E-state index in [0.717, 1.165) is 18.7 Å². The highest BCUT2D eigenvalue weighted by Crippen LogP contribution is 2.28. The van der Waals surface area contributed by atoms with E-state index in [1.807, 2.05) is 42.3 Å². The van der Waals surface area contributed by atoms with E-state index in [2.05, 4.69) is 4.90 Å². The molecular weight excluding hydrogens is 318 g/mol. The van der Waals surface area contributed by atoms with E-state index >= 15 is 0 Å². The summed E-state index contributed by atoms with van der Waals surface area (Å²) in [7, 11) is 2.04. The lowest BCUT2D eigenvalue weighted by atomic mass is 10.0. The fourth-order valence-electron chi connectivity index (χ4n) is 3.23. The van der Waals surface area contributed by atoms with Gasteiger partial charge in [0.2, 0.25) is 0 Å². The number of nitro groups is 1.